The van der Waals surface area contributed by atoms with Crippen molar-refractivity contribution in [3.05, 3.63) is 84.0 Å². The molecule has 4 fully saturated rings. The second kappa shape index (κ2) is 9.53. The average Bonchev–Trinajstić information content (AvgIpc) is 3.78. The van der Waals surface area contributed by atoms with E-state index in [-0.39, 0.29) is 84.1 Å². The van der Waals surface area contributed by atoms with Gasteiger partial charge in [-0.05, 0) is 73.3 Å². The van der Waals surface area contributed by atoms with E-state index < -0.39 is 0 Å². The Morgan fingerprint density at radius 1 is 0.675 bits per heavy atom. The molecule has 2 saturated carbocycles. The number of hydrogen-bond acceptors (Lipinski definition) is 4. The van der Waals surface area contributed by atoms with Gasteiger partial charge < -0.3 is 0 Å². The van der Waals surface area contributed by atoms with Crippen LogP contribution in [0.2, 0.25) is 0 Å². The van der Waals surface area contributed by atoms with Crippen LogP contribution in [-0.2, 0) is 32.3 Å². The highest BCUT2D eigenvalue weighted by atomic mass is 16.2. The van der Waals surface area contributed by atoms with Gasteiger partial charge in [-0.1, -0.05) is 59.7 Å². The molecule has 40 heavy (non-hydrogen) atoms. The number of imide groups is 2. The summed E-state index contributed by atoms with van der Waals surface area (Å²) in [6.45, 7) is 8.10. The number of rotatable bonds is 10. The zero-order valence-electron chi connectivity index (χ0n) is 22.8. The molecule has 206 valence electrons. The first-order chi connectivity index (χ1) is 19.4. The zero-order valence-corrected chi connectivity index (χ0v) is 22.8. The summed E-state index contributed by atoms with van der Waals surface area (Å²) in [5.41, 5.74) is 4.33. The van der Waals surface area contributed by atoms with E-state index >= 15 is 0 Å². The number of benzene rings is 1. The number of carbonyl (C=O) groups excluding carboxylic acids is 4. The molecule has 6 heteroatoms. The molecule has 8 atom stereocenters. The monoisotopic (exact) mass is 536 g/mol. The largest absolute Gasteiger partial charge is 0.278 e. The van der Waals surface area contributed by atoms with Crippen molar-refractivity contribution in [1.82, 2.24) is 9.80 Å². The molecule has 6 nitrogen and oxygen atoms in total. The Labute approximate surface area is 235 Å². The molecule has 4 bridgehead atoms. The fourth-order valence-electron chi connectivity index (χ4n) is 8.95. The van der Waals surface area contributed by atoms with Gasteiger partial charge >= 0.3 is 0 Å². The van der Waals surface area contributed by atoms with Gasteiger partial charge in [0, 0.05) is 0 Å². The second-order valence-corrected chi connectivity index (χ2v) is 12.6. The molecule has 4 amide bonds. The molecule has 4 aliphatic carbocycles. The molecule has 0 N–H and O–H groups in total. The maximum Gasteiger partial charge on any atom is 0.234 e. The first-order valence-corrected chi connectivity index (χ1v) is 14.8. The third-order valence-corrected chi connectivity index (χ3v) is 10.6. The van der Waals surface area contributed by atoms with Crippen LogP contribution in [0.25, 0.3) is 0 Å². The quantitative estimate of drug-likeness (QED) is 0.313. The molecular weight excluding hydrogens is 500 g/mol. The van der Waals surface area contributed by atoms with Gasteiger partial charge in [-0.25, -0.2) is 0 Å². The summed E-state index contributed by atoms with van der Waals surface area (Å²) in [6, 6.07) is 7.66. The van der Waals surface area contributed by atoms with Crippen LogP contribution in [0.15, 0.2) is 72.9 Å². The van der Waals surface area contributed by atoms with E-state index in [1.54, 1.807) is 0 Å². The summed E-state index contributed by atoms with van der Waals surface area (Å²) in [7, 11) is 0. The van der Waals surface area contributed by atoms with Crippen LogP contribution in [-0.4, -0.2) is 33.4 Å². The maximum absolute atomic E-state index is 13.5. The van der Waals surface area contributed by atoms with Gasteiger partial charge in [-0.15, -0.1) is 13.2 Å². The summed E-state index contributed by atoms with van der Waals surface area (Å²) >= 11 is 0. The molecule has 8 unspecified atom stereocenters. The Morgan fingerprint density at radius 3 is 1.52 bits per heavy atom. The molecule has 0 aromatic heterocycles. The smallest absolute Gasteiger partial charge is 0.234 e. The van der Waals surface area contributed by atoms with Crippen LogP contribution >= 0.6 is 0 Å². The van der Waals surface area contributed by atoms with Crippen molar-refractivity contribution in [2.75, 3.05) is 0 Å². The fourth-order valence-corrected chi connectivity index (χ4v) is 8.95. The number of carbonyl (C=O) groups is 4. The van der Waals surface area contributed by atoms with Crippen molar-refractivity contribution < 1.29 is 19.2 Å². The molecule has 1 aromatic rings. The van der Waals surface area contributed by atoms with E-state index in [2.05, 4.69) is 25.3 Å². The average molecular weight is 537 g/mol. The Hall–Kier alpha value is -3.54. The third-order valence-electron chi connectivity index (χ3n) is 10.6. The van der Waals surface area contributed by atoms with Crippen molar-refractivity contribution in [1.29, 1.82) is 0 Å². The van der Waals surface area contributed by atoms with Crippen molar-refractivity contribution >= 4 is 23.6 Å². The number of amides is 4. The lowest BCUT2D eigenvalue weighted by Gasteiger charge is -2.22. The van der Waals surface area contributed by atoms with Crippen molar-refractivity contribution in [3.63, 3.8) is 0 Å². The Balaban J connectivity index is 1.04. The summed E-state index contributed by atoms with van der Waals surface area (Å²) in [5, 5.41) is 0. The van der Waals surface area contributed by atoms with Gasteiger partial charge in [0.15, 0.2) is 0 Å². The summed E-state index contributed by atoms with van der Waals surface area (Å²) < 4.78 is 0. The van der Waals surface area contributed by atoms with E-state index in [1.807, 2.05) is 36.4 Å². The summed E-state index contributed by atoms with van der Waals surface area (Å²) in [4.78, 5) is 56.6. The normalized spacial score (nSPS) is 35.0. The minimum atomic E-state index is -0.231. The molecule has 2 aliphatic heterocycles. The fraction of sp³-hybridized carbons (Fsp3) is 0.471. The van der Waals surface area contributed by atoms with Crippen LogP contribution in [0.5, 0.6) is 0 Å². The molecule has 2 heterocycles. The van der Waals surface area contributed by atoms with Gasteiger partial charge in [0.1, 0.15) is 0 Å². The molecule has 2 saturated heterocycles. The maximum atomic E-state index is 13.5. The van der Waals surface area contributed by atoms with Gasteiger partial charge in [-0.3, -0.25) is 29.0 Å². The predicted octanol–water partition coefficient (Wildman–Crippen LogP) is 4.97. The number of allylic oxidation sites excluding steroid dienone is 6. The SMILES string of the molecule is C=CCCC1=CC2CC1C1C(=O)N(Cc3cccc(CN4C(=O)C5C6C=C(CCC=C)C(C6)C5C4=O)c3)C(=O)C21. The lowest BCUT2D eigenvalue weighted by Crippen LogP contribution is -2.33. The molecule has 0 spiro atoms. The van der Waals surface area contributed by atoms with Crippen molar-refractivity contribution in [3.8, 4) is 0 Å². The molecule has 1 aromatic carbocycles. The predicted molar refractivity (Wildman–Crippen MR) is 150 cm³/mol. The number of nitrogens with zero attached hydrogens (tertiary/aromatic N) is 2. The lowest BCUT2D eigenvalue weighted by atomic mass is 9.80. The first kappa shape index (κ1) is 25.4. The second-order valence-electron chi connectivity index (χ2n) is 12.6. The number of likely N-dealkylation sites (tertiary alicyclic amines) is 2. The highest BCUT2D eigenvalue weighted by Gasteiger charge is 2.62. The lowest BCUT2D eigenvalue weighted by molar-refractivity contribution is -0.142. The van der Waals surface area contributed by atoms with Crippen LogP contribution in [0, 0.1) is 47.3 Å². The summed E-state index contributed by atoms with van der Waals surface area (Å²) in [6.07, 6.45) is 13.7. The van der Waals surface area contributed by atoms with Crippen LogP contribution in [0.1, 0.15) is 49.7 Å². The van der Waals surface area contributed by atoms with Gasteiger partial charge in [-0.2, -0.15) is 0 Å². The number of fused-ring (bicyclic) bond motifs is 10. The minimum absolute atomic E-state index is 0.0509. The molecule has 7 rings (SSSR count). The Morgan fingerprint density at radius 2 is 1.10 bits per heavy atom. The van der Waals surface area contributed by atoms with E-state index in [1.165, 1.54) is 20.9 Å². The first-order valence-electron chi connectivity index (χ1n) is 14.8. The minimum Gasteiger partial charge on any atom is -0.278 e. The van der Waals surface area contributed by atoms with E-state index in [0.29, 0.717) is 0 Å². The van der Waals surface area contributed by atoms with E-state index in [9.17, 15) is 19.2 Å². The Kier molecular flexibility index (Phi) is 6.06. The third kappa shape index (κ3) is 3.68. The van der Waals surface area contributed by atoms with Crippen molar-refractivity contribution in [2.45, 2.75) is 51.6 Å². The van der Waals surface area contributed by atoms with Crippen LogP contribution < -0.4 is 0 Å². The van der Waals surface area contributed by atoms with Gasteiger partial charge in [0.2, 0.25) is 23.6 Å². The number of hydrogen-bond donors (Lipinski definition) is 0. The van der Waals surface area contributed by atoms with E-state index in [0.717, 1.165) is 49.7 Å². The van der Waals surface area contributed by atoms with Gasteiger partial charge in [0.05, 0.1) is 36.8 Å². The Bertz CT molecular complexity index is 1300. The summed E-state index contributed by atoms with van der Waals surface area (Å²) in [5.74, 6) is -0.453. The zero-order chi connectivity index (χ0) is 27.7. The molecular formula is C34H36N2O4. The van der Waals surface area contributed by atoms with Crippen LogP contribution in [0.3, 0.4) is 0 Å². The highest BCUT2D eigenvalue weighted by Crippen LogP contribution is 2.57. The molecule has 6 aliphatic rings. The molecule has 0 radical (unpaired) electrons. The standard InChI is InChI=1S/C34H36N2O4/c1-3-5-10-21-13-23-15-25(21)29-27(23)31(37)35(33(29)39)17-19-8-7-9-20(12-19)18-36-32(38)28-24-14-22(11-6-4-2)26(16-24)30(28)34(36)40/h3-4,7-9,12-14,23-30H,1-2,5-6,10-11,15-18H2. The van der Waals surface area contributed by atoms with Crippen molar-refractivity contribution in [2.24, 2.45) is 47.3 Å². The highest BCUT2D eigenvalue weighted by molar-refractivity contribution is 6.07. The van der Waals surface area contributed by atoms with Gasteiger partial charge in [0.25, 0.3) is 0 Å². The van der Waals surface area contributed by atoms with Crippen LogP contribution in [0.4, 0.5) is 0 Å². The topological polar surface area (TPSA) is 74.8 Å². The van der Waals surface area contributed by atoms with E-state index in [4.69, 9.17) is 0 Å².